The minimum absolute atomic E-state index is 0.0327. The van der Waals surface area contributed by atoms with Crippen LogP contribution in [0.25, 0.3) is 0 Å². The van der Waals surface area contributed by atoms with Gasteiger partial charge in [-0.3, -0.25) is 4.68 Å². The number of amides is 2. The molecular formula is C16H18FN5O4S. The molecule has 0 bridgehead atoms. The standard InChI is InChI=1S/C16H18FN5O4S/c17-13-3-1-2-4-14(13)20-15(23)21-7-16(8-21)9-27(24,25)12(6-26-16)5-22-11-18-10-19-22/h1-4,10-12H,5-9H2,(H,20,23)/t12-/m0/s1. The largest absolute Gasteiger partial charge is 0.369 e. The fourth-order valence-corrected chi connectivity index (χ4v) is 5.22. The summed E-state index contributed by atoms with van der Waals surface area (Å²) in [6.07, 6.45) is 2.80. The van der Waals surface area contributed by atoms with Crippen LogP contribution in [0.2, 0.25) is 0 Å². The predicted octanol–water partition coefficient (Wildman–Crippen LogP) is 0.517. The number of urea groups is 1. The van der Waals surface area contributed by atoms with E-state index in [0.29, 0.717) is 0 Å². The van der Waals surface area contributed by atoms with Gasteiger partial charge in [0.05, 0.1) is 37.7 Å². The van der Waals surface area contributed by atoms with Crippen molar-refractivity contribution < 1.29 is 22.3 Å². The molecule has 11 heteroatoms. The molecule has 2 aliphatic heterocycles. The van der Waals surface area contributed by atoms with Crippen molar-refractivity contribution in [3.8, 4) is 0 Å². The molecule has 2 aromatic rings. The van der Waals surface area contributed by atoms with Gasteiger partial charge in [-0.15, -0.1) is 0 Å². The van der Waals surface area contributed by atoms with Crippen molar-refractivity contribution in [2.45, 2.75) is 17.4 Å². The second-order valence-corrected chi connectivity index (χ2v) is 9.09. The van der Waals surface area contributed by atoms with E-state index in [1.165, 1.54) is 40.4 Å². The maximum Gasteiger partial charge on any atom is 0.322 e. The number of nitrogens with zero attached hydrogens (tertiary/aromatic N) is 4. The maximum absolute atomic E-state index is 13.6. The van der Waals surface area contributed by atoms with Crippen LogP contribution in [0.1, 0.15) is 0 Å². The van der Waals surface area contributed by atoms with Crippen molar-refractivity contribution in [3.05, 3.63) is 42.7 Å². The molecular weight excluding hydrogens is 377 g/mol. The van der Waals surface area contributed by atoms with Gasteiger partial charge in [0, 0.05) is 0 Å². The topological polar surface area (TPSA) is 106 Å². The smallest absolute Gasteiger partial charge is 0.322 e. The number of rotatable bonds is 3. The summed E-state index contributed by atoms with van der Waals surface area (Å²) in [7, 11) is -3.41. The van der Waals surface area contributed by atoms with Gasteiger partial charge in [0.1, 0.15) is 29.3 Å². The molecule has 3 heterocycles. The number of likely N-dealkylation sites (tertiary alicyclic amines) is 1. The van der Waals surface area contributed by atoms with Crippen LogP contribution in [0, 0.1) is 5.82 Å². The van der Waals surface area contributed by atoms with Crippen LogP contribution in [-0.4, -0.2) is 70.4 Å². The van der Waals surface area contributed by atoms with Gasteiger partial charge in [-0.1, -0.05) is 12.1 Å². The Morgan fingerprint density at radius 2 is 2.15 bits per heavy atom. The first-order chi connectivity index (χ1) is 12.9. The number of carbonyl (C=O) groups excluding carboxylic acids is 1. The van der Waals surface area contributed by atoms with Gasteiger partial charge in [-0.25, -0.2) is 22.6 Å². The van der Waals surface area contributed by atoms with Crippen LogP contribution in [-0.2, 0) is 21.1 Å². The monoisotopic (exact) mass is 395 g/mol. The lowest BCUT2D eigenvalue weighted by atomic mass is 9.96. The van der Waals surface area contributed by atoms with Crippen LogP contribution >= 0.6 is 0 Å². The van der Waals surface area contributed by atoms with E-state index in [1.54, 1.807) is 6.07 Å². The van der Waals surface area contributed by atoms with E-state index in [9.17, 15) is 17.6 Å². The van der Waals surface area contributed by atoms with Crippen LogP contribution < -0.4 is 5.32 Å². The van der Waals surface area contributed by atoms with Crippen molar-refractivity contribution in [2.75, 3.05) is 30.8 Å². The molecule has 0 radical (unpaired) electrons. The van der Waals surface area contributed by atoms with Crippen molar-refractivity contribution in [1.29, 1.82) is 0 Å². The molecule has 0 unspecified atom stereocenters. The van der Waals surface area contributed by atoms with Gasteiger partial charge in [0.15, 0.2) is 9.84 Å². The molecule has 1 atom stereocenters. The molecule has 1 aromatic heterocycles. The van der Waals surface area contributed by atoms with E-state index in [4.69, 9.17) is 4.74 Å². The Balaban J connectivity index is 1.36. The van der Waals surface area contributed by atoms with E-state index >= 15 is 0 Å². The summed E-state index contributed by atoms with van der Waals surface area (Å²) in [4.78, 5) is 17.4. The number of ether oxygens (including phenoxy) is 1. The molecule has 0 aliphatic carbocycles. The number of aromatic nitrogens is 3. The Hall–Kier alpha value is -2.53. The van der Waals surface area contributed by atoms with Gasteiger partial charge in [0.25, 0.3) is 0 Å². The Morgan fingerprint density at radius 3 is 2.81 bits per heavy atom. The van der Waals surface area contributed by atoms with Crippen LogP contribution in [0.4, 0.5) is 14.9 Å². The molecule has 0 saturated carbocycles. The third kappa shape index (κ3) is 3.52. The number of nitrogens with one attached hydrogen (secondary N) is 1. The first-order valence-corrected chi connectivity index (χ1v) is 10.1. The number of hydrogen-bond donors (Lipinski definition) is 1. The van der Waals surface area contributed by atoms with Crippen molar-refractivity contribution in [3.63, 3.8) is 0 Å². The maximum atomic E-state index is 13.6. The Bertz CT molecular complexity index is 943. The number of para-hydroxylation sites is 1. The lowest BCUT2D eigenvalue weighted by Crippen LogP contribution is -2.71. The molecule has 2 amide bonds. The number of carbonyl (C=O) groups is 1. The van der Waals surface area contributed by atoms with E-state index in [0.717, 1.165) is 0 Å². The number of anilines is 1. The molecule has 27 heavy (non-hydrogen) atoms. The van der Waals surface area contributed by atoms with E-state index in [1.807, 2.05) is 0 Å². The van der Waals surface area contributed by atoms with Crippen LogP contribution in [0.15, 0.2) is 36.9 Å². The molecule has 2 aliphatic rings. The molecule has 144 valence electrons. The molecule has 2 fully saturated rings. The summed E-state index contributed by atoms with van der Waals surface area (Å²) >= 11 is 0. The summed E-state index contributed by atoms with van der Waals surface area (Å²) < 4.78 is 46.1. The molecule has 9 nitrogen and oxygen atoms in total. The average molecular weight is 395 g/mol. The fraction of sp³-hybridized carbons (Fsp3) is 0.438. The second-order valence-electron chi connectivity index (χ2n) is 6.81. The third-order valence-electron chi connectivity index (χ3n) is 4.77. The Labute approximate surface area is 155 Å². The average Bonchev–Trinajstić information content (AvgIpc) is 3.09. The predicted molar refractivity (Wildman–Crippen MR) is 93.3 cm³/mol. The highest BCUT2D eigenvalue weighted by Gasteiger charge is 2.54. The number of halogens is 1. The molecule has 4 rings (SSSR count). The summed E-state index contributed by atoms with van der Waals surface area (Å²) in [5, 5.41) is 5.70. The van der Waals surface area contributed by atoms with E-state index < -0.39 is 32.5 Å². The highest BCUT2D eigenvalue weighted by molar-refractivity contribution is 7.92. The van der Waals surface area contributed by atoms with Crippen LogP contribution in [0.5, 0.6) is 0 Å². The zero-order valence-corrected chi connectivity index (χ0v) is 15.1. The minimum Gasteiger partial charge on any atom is -0.369 e. The zero-order chi connectivity index (χ0) is 19.1. The lowest BCUT2D eigenvalue weighted by molar-refractivity contribution is -0.117. The normalized spacial score (nSPS) is 23.0. The fourth-order valence-electron chi connectivity index (χ4n) is 3.33. The lowest BCUT2D eigenvalue weighted by Gasteiger charge is -2.51. The van der Waals surface area contributed by atoms with Gasteiger partial charge in [-0.2, -0.15) is 5.10 Å². The minimum atomic E-state index is -3.41. The molecule has 1 N–H and O–H groups in total. The first kappa shape index (κ1) is 17.9. The van der Waals surface area contributed by atoms with Crippen molar-refractivity contribution >= 4 is 21.6 Å². The zero-order valence-electron chi connectivity index (χ0n) is 14.3. The quantitative estimate of drug-likeness (QED) is 0.812. The van der Waals surface area contributed by atoms with E-state index in [-0.39, 0.29) is 37.7 Å². The SMILES string of the molecule is O=C(Nc1ccccc1F)N1CC2(C1)CS(=O)(=O)[C@@H](Cn1cncn1)CO2. The second kappa shape index (κ2) is 6.57. The Kier molecular flexibility index (Phi) is 4.35. The molecule has 1 aromatic carbocycles. The van der Waals surface area contributed by atoms with Crippen LogP contribution in [0.3, 0.4) is 0 Å². The summed E-state index contributed by atoms with van der Waals surface area (Å²) in [5.74, 6) is -0.698. The summed E-state index contributed by atoms with van der Waals surface area (Å²) in [6.45, 7) is 0.492. The molecule has 2 saturated heterocycles. The van der Waals surface area contributed by atoms with Gasteiger partial charge in [-0.05, 0) is 12.1 Å². The van der Waals surface area contributed by atoms with Crippen molar-refractivity contribution in [1.82, 2.24) is 19.7 Å². The van der Waals surface area contributed by atoms with E-state index in [2.05, 4.69) is 15.4 Å². The van der Waals surface area contributed by atoms with Crippen molar-refractivity contribution in [2.24, 2.45) is 0 Å². The number of sulfone groups is 1. The number of hydrogen-bond acceptors (Lipinski definition) is 6. The molecule has 1 spiro atoms. The van der Waals surface area contributed by atoms with Gasteiger partial charge in [0.2, 0.25) is 0 Å². The first-order valence-electron chi connectivity index (χ1n) is 8.35. The Morgan fingerprint density at radius 1 is 1.37 bits per heavy atom. The summed E-state index contributed by atoms with van der Waals surface area (Å²) in [5.41, 5.74) is -0.821. The van der Waals surface area contributed by atoms with Gasteiger partial charge >= 0.3 is 6.03 Å². The highest BCUT2D eigenvalue weighted by Crippen LogP contribution is 2.33. The number of benzene rings is 1. The summed E-state index contributed by atoms with van der Waals surface area (Å²) in [6, 6.07) is 5.36. The van der Waals surface area contributed by atoms with Gasteiger partial charge < -0.3 is 15.0 Å². The highest BCUT2D eigenvalue weighted by atomic mass is 32.2. The third-order valence-corrected chi connectivity index (χ3v) is 6.99.